The van der Waals surface area contributed by atoms with Crippen molar-refractivity contribution in [2.75, 3.05) is 0 Å². The number of aromatic nitrogens is 4. The molecule has 60 valence electrons. The lowest BCUT2D eigenvalue weighted by molar-refractivity contribution is 0.274. The maximum Gasteiger partial charge on any atom is 0.151 e. The zero-order valence-electron chi connectivity index (χ0n) is 6.86. The van der Waals surface area contributed by atoms with Gasteiger partial charge in [-0.2, -0.15) is 0 Å². The van der Waals surface area contributed by atoms with Crippen molar-refractivity contribution in [1.29, 1.82) is 0 Å². The van der Waals surface area contributed by atoms with Crippen LogP contribution in [0.2, 0.25) is 0 Å². The SMILES string of the molecule is C[C@H]1Cc2nnnn2C[C@@H]1C. The smallest absolute Gasteiger partial charge is 0.151 e. The first-order chi connectivity index (χ1) is 5.27. The zero-order chi connectivity index (χ0) is 7.84. The van der Waals surface area contributed by atoms with E-state index in [-0.39, 0.29) is 0 Å². The third kappa shape index (κ3) is 1.02. The van der Waals surface area contributed by atoms with Crippen molar-refractivity contribution in [2.24, 2.45) is 11.8 Å². The molecule has 2 heterocycles. The van der Waals surface area contributed by atoms with E-state index in [9.17, 15) is 0 Å². The monoisotopic (exact) mass is 152 g/mol. The van der Waals surface area contributed by atoms with E-state index >= 15 is 0 Å². The summed E-state index contributed by atoms with van der Waals surface area (Å²) in [6.45, 7) is 5.47. The van der Waals surface area contributed by atoms with Gasteiger partial charge in [0.2, 0.25) is 0 Å². The predicted molar refractivity (Wildman–Crippen MR) is 39.8 cm³/mol. The molecule has 0 unspecified atom stereocenters. The van der Waals surface area contributed by atoms with Crippen molar-refractivity contribution < 1.29 is 0 Å². The van der Waals surface area contributed by atoms with Crippen LogP contribution in [-0.4, -0.2) is 20.2 Å². The fourth-order valence-electron chi connectivity index (χ4n) is 1.45. The lowest BCUT2D eigenvalue weighted by atomic mass is 9.90. The minimum atomic E-state index is 0.700. The maximum atomic E-state index is 3.94. The molecule has 0 aliphatic carbocycles. The Labute approximate surface area is 65.6 Å². The summed E-state index contributed by atoms with van der Waals surface area (Å²) in [4.78, 5) is 0. The normalized spacial score (nSPS) is 30.0. The summed E-state index contributed by atoms with van der Waals surface area (Å²) in [7, 11) is 0. The molecule has 0 amide bonds. The molecule has 0 N–H and O–H groups in total. The van der Waals surface area contributed by atoms with Gasteiger partial charge >= 0.3 is 0 Å². The van der Waals surface area contributed by atoms with E-state index in [4.69, 9.17) is 0 Å². The Hall–Kier alpha value is -0.930. The van der Waals surface area contributed by atoms with Crippen molar-refractivity contribution in [2.45, 2.75) is 26.8 Å². The molecule has 11 heavy (non-hydrogen) atoms. The Morgan fingerprint density at radius 2 is 2.18 bits per heavy atom. The predicted octanol–water partition coefficient (Wildman–Crippen LogP) is 0.501. The van der Waals surface area contributed by atoms with Gasteiger partial charge in [0.05, 0.1) is 0 Å². The molecule has 0 fully saturated rings. The molecule has 0 saturated heterocycles. The summed E-state index contributed by atoms with van der Waals surface area (Å²) in [5, 5.41) is 11.5. The fraction of sp³-hybridized carbons (Fsp3) is 0.857. The van der Waals surface area contributed by atoms with Crippen LogP contribution in [0.4, 0.5) is 0 Å². The minimum Gasteiger partial charge on any atom is -0.229 e. The van der Waals surface area contributed by atoms with Gasteiger partial charge in [-0.1, -0.05) is 13.8 Å². The van der Waals surface area contributed by atoms with E-state index in [0.29, 0.717) is 11.8 Å². The highest BCUT2D eigenvalue weighted by atomic mass is 15.5. The zero-order valence-corrected chi connectivity index (χ0v) is 6.86. The number of nitrogens with zero attached hydrogens (tertiary/aromatic N) is 4. The van der Waals surface area contributed by atoms with E-state index in [2.05, 4.69) is 29.4 Å². The minimum absolute atomic E-state index is 0.700. The molecule has 0 spiro atoms. The van der Waals surface area contributed by atoms with Crippen LogP contribution < -0.4 is 0 Å². The third-order valence-corrected chi connectivity index (χ3v) is 2.54. The molecule has 1 aliphatic heterocycles. The molecule has 4 nitrogen and oxygen atoms in total. The number of rotatable bonds is 0. The summed E-state index contributed by atoms with van der Waals surface area (Å²) in [6.07, 6.45) is 1.02. The van der Waals surface area contributed by atoms with Crippen molar-refractivity contribution >= 4 is 0 Å². The van der Waals surface area contributed by atoms with Crippen LogP contribution in [0.5, 0.6) is 0 Å². The number of fused-ring (bicyclic) bond motifs is 1. The molecule has 0 aromatic carbocycles. The average molecular weight is 152 g/mol. The van der Waals surface area contributed by atoms with Crippen molar-refractivity contribution in [3.05, 3.63) is 5.82 Å². The highest BCUT2D eigenvalue weighted by Gasteiger charge is 2.23. The Bertz CT molecular complexity index is 230. The number of tetrazole rings is 1. The second kappa shape index (κ2) is 2.29. The first kappa shape index (κ1) is 6.76. The first-order valence-corrected chi connectivity index (χ1v) is 4.02. The van der Waals surface area contributed by atoms with E-state index in [1.807, 2.05) is 4.68 Å². The highest BCUT2D eigenvalue weighted by Crippen LogP contribution is 2.22. The van der Waals surface area contributed by atoms with E-state index in [0.717, 1.165) is 18.8 Å². The molecule has 1 aliphatic rings. The van der Waals surface area contributed by atoms with Gasteiger partial charge in [-0.15, -0.1) is 5.10 Å². The second-order valence-electron chi connectivity index (χ2n) is 3.44. The molecule has 0 radical (unpaired) electrons. The van der Waals surface area contributed by atoms with Gasteiger partial charge in [0.25, 0.3) is 0 Å². The Kier molecular flexibility index (Phi) is 1.41. The molecule has 2 rings (SSSR count). The molecule has 4 heteroatoms. The molecule has 0 saturated carbocycles. The maximum absolute atomic E-state index is 3.94. The van der Waals surface area contributed by atoms with Gasteiger partial charge in [0.15, 0.2) is 5.82 Å². The van der Waals surface area contributed by atoms with Crippen LogP contribution in [0.15, 0.2) is 0 Å². The highest BCUT2D eigenvalue weighted by molar-refractivity contribution is 4.89. The lowest BCUT2D eigenvalue weighted by Crippen LogP contribution is -2.26. The van der Waals surface area contributed by atoms with Crippen LogP contribution in [0.1, 0.15) is 19.7 Å². The van der Waals surface area contributed by atoms with Crippen LogP contribution >= 0.6 is 0 Å². The van der Waals surface area contributed by atoms with Crippen molar-refractivity contribution in [3.8, 4) is 0 Å². The quantitative estimate of drug-likeness (QED) is 0.543. The van der Waals surface area contributed by atoms with Gasteiger partial charge in [0.1, 0.15) is 0 Å². The molecule has 0 bridgehead atoms. The third-order valence-electron chi connectivity index (χ3n) is 2.54. The van der Waals surface area contributed by atoms with E-state index in [1.165, 1.54) is 0 Å². The summed E-state index contributed by atoms with van der Waals surface area (Å²) in [5.41, 5.74) is 0. The Morgan fingerprint density at radius 3 is 3.00 bits per heavy atom. The molecule has 1 aromatic rings. The standard InChI is InChI=1S/C7H12N4/c1-5-3-7-8-9-10-11(7)4-6(5)2/h5-6H,3-4H2,1-2H3/t5-,6-/m0/s1. The summed E-state index contributed by atoms with van der Waals surface area (Å²) < 4.78 is 1.91. The summed E-state index contributed by atoms with van der Waals surface area (Å²) in [6, 6.07) is 0. The Balaban J connectivity index is 2.30. The summed E-state index contributed by atoms with van der Waals surface area (Å²) in [5.74, 6) is 2.45. The van der Waals surface area contributed by atoms with E-state index < -0.39 is 0 Å². The number of hydrogen-bond acceptors (Lipinski definition) is 3. The first-order valence-electron chi connectivity index (χ1n) is 4.02. The van der Waals surface area contributed by atoms with Crippen LogP contribution in [0, 0.1) is 11.8 Å². The Morgan fingerprint density at radius 1 is 1.36 bits per heavy atom. The number of hydrogen-bond donors (Lipinski definition) is 0. The van der Waals surface area contributed by atoms with Gasteiger partial charge in [0, 0.05) is 13.0 Å². The van der Waals surface area contributed by atoms with Gasteiger partial charge in [-0.25, -0.2) is 4.68 Å². The van der Waals surface area contributed by atoms with Crippen LogP contribution in [0.3, 0.4) is 0 Å². The topological polar surface area (TPSA) is 43.6 Å². The van der Waals surface area contributed by atoms with Crippen LogP contribution in [0.25, 0.3) is 0 Å². The van der Waals surface area contributed by atoms with Crippen molar-refractivity contribution in [1.82, 2.24) is 20.2 Å². The second-order valence-corrected chi connectivity index (χ2v) is 3.44. The van der Waals surface area contributed by atoms with Gasteiger partial charge in [-0.05, 0) is 22.3 Å². The molecular weight excluding hydrogens is 140 g/mol. The molecular formula is C7H12N4. The summed E-state index contributed by atoms with van der Waals surface area (Å²) >= 11 is 0. The van der Waals surface area contributed by atoms with Crippen LogP contribution in [-0.2, 0) is 13.0 Å². The van der Waals surface area contributed by atoms with Crippen molar-refractivity contribution in [3.63, 3.8) is 0 Å². The largest absolute Gasteiger partial charge is 0.229 e. The lowest BCUT2D eigenvalue weighted by Gasteiger charge is -2.24. The fourth-order valence-corrected chi connectivity index (χ4v) is 1.45. The van der Waals surface area contributed by atoms with Gasteiger partial charge < -0.3 is 0 Å². The molecule has 1 aromatic heterocycles. The van der Waals surface area contributed by atoms with E-state index in [1.54, 1.807) is 0 Å². The molecule has 2 atom stereocenters. The average Bonchev–Trinajstić information content (AvgIpc) is 2.36. The van der Waals surface area contributed by atoms with Gasteiger partial charge in [-0.3, -0.25) is 0 Å².